The summed E-state index contributed by atoms with van der Waals surface area (Å²) in [4.78, 5) is 38.9. The second-order valence-corrected chi connectivity index (χ2v) is 13.5. The van der Waals surface area contributed by atoms with Crippen molar-refractivity contribution in [2.45, 2.75) is 64.3 Å². The van der Waals surface area contributed by atoms with Gasteiger partial charge in [0.25, 0.3) is 5.91 Å². The minimum absolute atomic E-state index is 0.0131. The standard InChI is InChI=1S/C34H40N6O5/c1-34(2,3)45-33(42)36-28-22-14-24(37-44-6)30(28)40(18-22)32(41)21-13-23-29(27(16-21)43-5)38(4)31(35-23)26-15-20-9-7-8-10-25(20)39(26)17-19-11-12-19/h7-10,13,15-16,19,22,28,30H,11-12,14,17-18H2,1-6H3,(H,36,42)/b37-24+/t22-,28-,30-/m1/s1. The molecule has 2 aromatic heterocycles. The number of piperidine rings is 1. The van der Waals surface area contributed by atoms with Crippen LogP contribution in [0.2, 0.25) is 0 Å². The van der Waals surface area contributed by atoms with Gasteiger partial charge in [0, 0.05) is 42.5 Å². The van der Waals surface area contributed by atoms with Gasteiger partial charge in [-0.3, -0.25) is 4.79 Å². The number of methoxy groups -OCH3 is 1. The number of nitrogens with one attached hydrogen (secondary N) is 1. The maximum absolute atomic E-state index is 14.2. The zero-order chi connectivity index (χ0) is 31.6. The zero-order valence-electron chi connectivity index (χ0n) is 26.7. The largest absolute Gasteiger partial charge is 0.494 e. The smallest absolute Gasteiger partial charge is 0.407 e. The number of alkyl carbamates (subject to hydrolysis) is 1. The molecule has 2 aromatic carbocycles. The molecule has 0 unspecified atom stereocenters. The average Bonchev–Trinajstić information content (AvgIpc) is 3.39. The number of rotatable bonds is 7. The van der Waals surface area contributed by atoms with Gasteiger partial charge in [0.15, 0.2) is 5.82 Å². The lowest BCUT2D eigenvalue weighted by Crippen LogP contribution is -2.49. The molecule has 4 aromatic rings. The van der Waals surface area contributed by atoms with Crippen molar-refractivity contribution in [1.29, 1.82) is 0 Å². The minimum atomic E-state index is -0.638. The van der Waals surface area contributed by atoms with E-state index in [1.54, 1.807) is 18.1 Å². The number of oxime groups is 1. The molecule has 3 heterocycles. The third-order valence-electron chi connectivity index (χ3n) is 9.16. The Labute approximate surface area is 262 Å². The predicted molar refractivity (Wildman–Crippen MR) is 171 cm³/mol. The Kier molecular flexibility index (Phi) is 7.02. The molecular weight excluding hydrogens is 572 g/mol. The van der Waals surface area contributed by atoms with Gasteiger partial charge >= 0.3 is 6.09 Å². The number of aryl methyl sites for hydroxylation is 1. The molecule has 1 saturated heterocycles. The maximum atomic E-state index is 14.2. The Balaban J connectivity index is 1.25. The molecule has 1 aliphatic heterocycles. The Morgan fingerprint density at radius 1 is 1.11 bits per heavy atom. The van der Waals surface area contributed by atoms with Crippen molar-refractivity contribution in [3.05, 3.63) is 48.0 Å². The number of ether oxygens (including phenoxy) is 2. The minimum Gasteiger partial charge on any atom is -0.494 e. The van der Waals surface area contributed by atoms with E-state index in [1.165, 1.54) is 30.9 Å². The fourth-order valence-corrected chi connectivity index (χ4v) is 7.09. The van der Waals surface area contributed by atoms with Crippen LogP contribution >= 0.6 is 0 Å². The van der Waals surface area contributed by atoms with Crippen molar-refractivity contribution < 1.29 is 23.9 Å². The Morgan fingerprint density at radius 2 is 1.89 bits per heavy atom. The molecule has 45 heavy (non-hydrogen) atoms. The summed E-state index contributed by atoms with van der Waals surface area (Å²) < 4.78 is 15.8. The van der Waals surface area contributed by atoms with E-state index in [1.807, 2.05) is 33.9 Å². The molecule has 2 amide bonds. The number of carbonyl (C=O) groups excluding carboxylic acids is 2. The highest BCUT2D eigenvalue weighted by Crippen LogP contribution is 2.40. The van der Waals surface area contributed by atoms with Crippen LogP contribution in [0.25, 0.3) is 33.5 Å². The number of aromatic nitrogens is 3. The van der Waals surface area contributed by atoms with Crippen LogP contribution < -0.4 is 10.1 Å². The van der Waals surface area contributed by atoms with Crippen LogP contribution in [0.3, 0.4) is 0 Å². The number of likely N-dealkylation sites (tertiary alicyclic amines) is 1. The van der Waals surface area contributed by atoms with Gasteiger partial charge in [0.1, 0.15) is 24.0 Å². The molecule has 2 bridgehead atoms. The van der Waals surface area contributed by atoms with Crippen LogP contribution in [0.15, 0.2) is 47.6 Å². The van der Waals surface area contributed by atoms with Gasteiger partial charge in [-0.2, -0.15) is 0 Å². The van der Waals surface area contributed by atoms with E-state index in [9.17, 15) is 9.59 Å². The van der Waals surface area contributed by atoms with E-state index in [0.717, 1.165) is 29.3 Å². The summed E-state index contributed by atoms with van der Waals surface area (Å²) in [5, 5.41) is 8.42. The molecule has 2 aliphatic carbocycles. The summed E-state index contributed by atoms with van der Waals surface area (Å²) in [5.41, 5.74) is 4.29. The third-order valence-corrected chi connectivity index (χ3v) is 9.16. The lowest BCUT2D eigenvalue weighted by atomic mass is 10.1. The van der Waals surface area contributed by atoms with Crippen molar-refractivity contribution >= 4 is 39.6 Å². The number of benzene rings is 2. The number of nitrogens with zero attached hydrogens (tertiary/aromatic N) is 5. The molecule has 236 valence electrons. The molecule has 3 atom stereocenters. The van der Waals surface area contributed by atoms with Crippen LogP contribution in [0.1, 0.15) is 50.4 Å². The van der Waals surface area contributed by atoms with Gasteiger partial charge in [-0.15, -0.1) is 0 Å². The van der Waals surface area contributed by atoms with E-state index in [4.69, 9.17) is 19.3 Å². The van der Waals surface area contributed by atoms with Gasteiger partial charge < -0.3 is 33.7 Å². The number of hydrogen-bond acceptors (Lipinski definition) is 7. The Hall–Kier alpha value is -4.54. The summed E-state index contributed by atoms with van der Waals surface area (Å²) >= 11 is 0. The van der Waals surface area contributed by atoms with Gasteiger partial charge in [-0.25, -0.2) is 9.78 Å². The molecule has 1 N–H and O–H groups in total. The summed E-state index contributed by atoms with van der Waals surface area (Å²) in [6.07, 6.45) is 2.61. The van der Waals surface area contributed by atoms with E-state index in [2.05, 4.69) is 49.9 Å². The maximum Gasteiger partial charge on any atom is 0.407 e. The number of carbonyl (C=O) groups is 2. The molecule has 11 heteroatoms. The number of imidazole rings is 1. The first kappa shape index (κ1) is 29.2. The second kappa shape index (κ2) is 10.8. The highest BCUT2D eigenvalue weighted by Gasteiger charge is 2.54. The molecular formula is C34H40N6O5. The molecule has 7 rings (SSSR count). The van der Waals surface area contributed by atoms with Gasteiger partial charge in [0.2, 0.25) is 0 Å². The first-order valence-corrected chi connectivity index (χ1v) is 15.6. The Morgan fingerprint density at radius 3 is 2.60 bits per heavy atom. The zero-order valence-corrected chi connectivity index (χ0v) is 26.7. The monoisotopic (exact) mass is 612 g/mol. The van der Waals surface area contributed by atoms with Crippen molar-refractivity contribution in [3.63, 3.8) is 0 Å². The molecule has 0 spiro atoms. The number of amides is 2. The molecule has 3 aliphatic rings. The SMILES string of the molecule is CO/N=C1\C[C@@H]2CN(C(=O)c3cc(OC)c4c(c3)nc(-c3cc5ccccc5n3CC3CC3)n4C)[C@H]1[C@@H]2NC(=O)OC(C)(C)C. The first-order chi connectivity index (χ1) is 21.6. The highest BCUT2D eigenvalue weighted by molar-refractivity contribution is 6.05. The summed E-state index contributed by atoms with van der Waals surface area (Å²) in [6, 6.07) is 13.5. The van der Waals surface area contributed by atoms with Crippen molar-refractivity contribution in [2.75, 3.05) is 20.8 Å². The van der Waals surface area contributed by atoms with Crippen LogP contribution in [-0.4, -0.2) is 75.2 Å². The van der Waals surface area contributed by atoms with E-state index in [0.29, 0.717) is 35.7 Å². The summed E-state index contributed by atoms with van der Waals surface area (Å²) in [6.45, 7) is 6.89. The van der Waals surface area contributed by atoms with Crippen molar-refractivity contribution in [2.24, 2.45) is 24.0 Å². The normalized spacial score (nSPS) is 22.0. The topological polar surface area (TPSA) is 112 Å². The summed E-state index contributed by atoms with van der Waals surface area (Å²) in [5.74, 6) is 1.88. The molecule has 11 nitrogen and oxygen atoms in total. The van der Waals surface area contributed by atoms with Crippen molar-refractivity contribution in [1.82, 2.24) is 24.3 Å². The lowest BCUT2D eigenvalue weighted by Gasteiger charge is -2.29. The van der Waals surface area contributed by atoms with Crippen LogP contribution in [0.4, 0.5) is 4.79 Å². The first-order valence-electron chi connectivity index (χ1n) is 15.6. The fraction of sp³-hybridized carbons (Fsp3) is 0.471. The predicted octanol–water partition coefficient (Wildman–Crippen LogP) is 5.35. The van der Waals surface area contributed by atoms with E-state index in [-0.39, 0.29) is 17.9 Å². The molecule has 3 fully saturated rings. The van der Waals surface area contributed by atoms with Gasteiger partial charge in [0.05, 0.1) is 36.1 Å². The average molecular weight is 613 g/mol. The van der Waals surface area contributed by atoms with Gasteiger partial charge in [-0.05, 0) is 70.2 Å². The van der Waals surface area contributed by atoms with E-state index < -0.39 is 17.7 Å². The highest BCUT2D eigenvalue weighted by atomic mass is 16.6. The van der Waals surface area contributed by atoms with Crippen LogP contribution in [0.5, 0.6) is 5.75 Å². The van der Waals surface area contributed by atoms with Crippen molar-refractivity contribution in [3.8, 4) is 17.3 Å². The Bertz CT molecular complexity index is 1840. The van der Waals surface area contributed by atoms with Crippen LogP contribution in [-0.2, 0) is 23.2 Å². The quantitative estimate of drug-likeness (QED) is 0.282. The fourth-order valence-electron chi connectivity index (χ4n) is 7.09. The van der Waals surface area contributed by atoms with Crippen LogP contribution in [0, 0.1) is 11.8 Å². The molecule has 0 radical (unpaired) electrons. The second-order valence-electron chi connectivity index (χ2n) is 13.5. The van der Waals surface area contributed by atoms with E-state index >= 15 is 0 Å². The number of hydrogen-bond donors (Lipinski definition) is 1. The lowest BCUT2D eigenvalue weighted by molar-refractivity contribution is 0.0491. The molecule has 2 saturated carbocycles. The van der Waals surface area contributed by atoms with Gasteiger partial charge in [-0.1, -0.05) is 23.4 Å². The number of fused-ring (bicyclic) bond motifs is 4. The summed E-state index contributed by atoms with van der Waals surface area (Å²) in [7, 11) is 5.10. The third kappa shape index (κ3) is 5.17. The number of para-hydroxylation sites is 1.